The maximum atomic E-state index is 14.2. The van der Waals surface area contributed by atoms with Crippen LogP contribution in [0.15, 0.2) is 54.1 Å². The number of benzene rings is 2. The molecular formula is C31H36FN3O. The van der Waals surface area contributed by atoms with Crippen LogP contribution < -0.4 is 16.0 Å². The average molecular weight is 486 g/mol. The summed E-state index contributed by atoms with van der Waals surface area (Å²) in [6.07, 6.45) is 8.35. The molecule has 0 aromatic heterocycles. The molecule has 5 heteroatoms. The van der Waals surface area contributed by atoms with Gasteiger partial charge in [-0.1, -0.05) is 37.3 Å². The van der Waals surface area contributed by atoms with Gasteiger partial charge in [0, 0.05) is 24.6 Å². The summed E-state index contributed by atoms with van der Waals surface area (Å²) < 4.78 is 14.2. The number of nitrogens with one attached hydrogen (secondary N) is 1. The third-order valence-corrected chi connectivity index (χ3v) is 7.77. The lowest BCUT2D eigenvalue weighted by molar-refractivity contribution is 0.247. The van der Waals surface area contributed by atoms with Crippen LogP contribution in [0.25, 0.3) is 11.1 Å². The standard InChI is InChI=1S/C31H36FN3O/c1-18-8-10-25(33)14-22(12-18)23-15-27(26-11-9-24(32)13-21(26)4)28-17-34-31(36)35(29(28)16-23)30-19(2)6-5-7-20(30)3/h5-7,11-13,15-16,18,24-25H,8-10,14,17,33H2,1-4H3,(H,34,36). The van der Waals surface area contributed by atoms with E-state index in [1.165, 1.54) is 5.57 Å². The molecule has 0 saturated heterocycles. The fraction of sp³-hybridized carbons (Fsp3) is 0.387. The van der Waals surface area contributed by atoms with E-state index in [1.54, 1.807) is 6.08 Å². The van der Waals surface area contributed by atoms with Crippen LogP contribution in [0.3, 0.4) is 0 Å². The zero-order chi connectivity index (χ0) is 25.6. The molecule has 0 fully saturated rings. The number of nitrogens with zero attached hydrogens (tertiary/aromatic N) is 1. The van der Waals surface area contributed by atoms with Gasteiger partial charge in [-0.2, -0.15) is 0 Å². The van der Waals surface area contributed by atoms with Gasteiger partial charge in [-0.05, 0) is 103 Å². The molecule has 188 valence electrons. The lowest BCUT2D eigenvalue weighted by atomic mass is 9.85. The topological polar surface area (TPSA) is 58.4 Å². The number of halogens is 1. The van der Waals surface area contributed by atoms with Crippen LogP contribution in [0.1, 0.15) is 67.3 Å². The lowest BCUT2D eigenvalue weighted by Gasteiger charge is -2.35. The van der Waals surface area contributed by atoms with E-state index in [1.807, 2.05) is 49.9 Å². The number of hydrogen-bond donors (Lipinski definition) is 2. The summed E-state index contributed by atoms with van der Waals surface area (Å²) in [6, 6.07) is 10.5. The van der Waals surface area contributed by atoms with E-state index in [0.29, 0.717) is 18.9 Å². The number of urea groups is 1. The molecule has 2 aromatic carbocycles. The molecule has 4 nitrogen and oxygen atoms in total. The van der Waals surface area contributed by atoms with Crippen molar-refractivity contribution in [2.45, 2.75) is 72.1 Å². The molecule has 3 aliphatic rings. The monoisotopic (exact) mass is 485 g/mol. The van der Waals surface area contributed by atoms with Gasteiger partial charge in [0.05, 0.1) is 11.4 Å². The number of rotatable bonds is 3. The first-order valence-electron chi connectivity index (χ1n) is 13.0. The Kier molecular flexibility index (Phi) is 6.60. The minimum Gasteiger partial charge on any atom is -0.333 e. The SMILES string of the molecule is CC1=CC(F)CC=C1c1cc(C2=CC(C)CCC(N)C2)cc2c1CNC(=O)N2c1c(C)cccc1C. The van der Waals surface area contributed by atoms with Gasteiger partial charge in [0.2, 0.25) is 0 Å². The second-order valence-electron chi connectivity index (χ2n) is 10.7. The first kappa shape index (κ1) is 24.5. The highest BCUT2D eigenvalue weighted by Crippen LogP contribution is 2.43. The number of hydrogen-bond acceptors (Lipinski definition) is 2. The Bertz CT molecular complexity index is 1280. The molecule has 0 bridgehead atoms. The van der Waals surface area contributed by atoms with Crippen LogP contribution in [0.5, 0.6) is 0 Å². The van der Waals surface area contributed by atoms with Crippen molar-refractivity contribution < 1.29 is 9.18 Å². The lowest BCUT2D eigenvalue weighted by Crippen LogP contribution is -2.42. The molecule has 0 radical (unpaired) electrons. The first-order valence-corrected chi connectivity index (χ1v) is 13.0. The molecule has 2 amide bonds. The Labute approximate surface area is 213 Å². The van der Waals surface area contributed by atoms with Crippen LogP contribution in [0.2, 0.25) is 0 Å². The second-order valence-corrected chi connectivity index (χ2v) is 10.7. The van der Waals surface area contributed by atoms with Crippen molar-refractivity contribution in [2.24, 2.45) is 11.7 Å². The van der Waals surface area contributed by atoms with Gasteiger partial charge in [-0.25, -0.2) is 9.18 Å². The van der Waals surface area contributed by atoms with Crippen LogP contribution in [-0.4, -0.2) is 18.2 Å². The largest absolute Gasteiger partial charge is 0.333 e. The fourth-order valence-corrected chi connectivity index (χ4v) is 5.91. The van der Waals surface area contributed by atoms with Crippen LogP contribution in [0.4, 0.5) is 20.6 Å². The van der Waals surface area contributed by atoms with Gasteiger partial charge in [-0.15, -0.1) is 0 Å². The molecule has 0 spiro atoms. The molecular weight excluding hydrogens is 449 g/mol. The van der Waals surface area contributed by atoms with Crippen molar-refractivity contribution in [2.75, 3.05) is 4.90 Å². The molecule has 2 aromatic rings. The number of anilines is 2. The highest BCUT2D eigenvalue weighted by Gasteiger charge is 2.32. The number of nitrogens with two attached hydrogens (primary N) is 1. The maximum Gasteiger partial charge on any atom is 0.326 e. The Morgan fingerprint density at radius 1 is 1.08 bits per heavy atom. The van der Waals surface area contributed by atoms with Crippen molar-refractivity contribution >= 4 is 28.6 Å². The Hall–Kier alpha value is -3.18. The van der Waals surface area contributed by atoms with Crippen LogP contribution in [0, 0.1) is 19.8 Å². The number of aryl methyl sites for hydroxylation is 2. The summed E-state index contributed by atoms with van der Waals surface area (Å²) in [5, 5.41) is 3.10. The third kappa shape index (κ3) is 4.53. The summed E-state index contributed by atoms with van der Waals surface area (Å²) in [5.41, 5.74) is 16.8. The molecule has 1 aliphatic heterocycles. The van der Waals surface area contributed by atoms with E-state index >= 15 is 0 Å². The molecule has 5 rings (SSSR count). The van der Waals surface area contributed by atoms with E-state index in [0.717, 1.165) is 69.6 Å². The molecule has 3 unspecified atom stereocenters. The summed E-state index contributed by atoms with van der Waals surface area (Å²) in [5.74, 6) is 0.439. The van der Waals surface area contributed by atoms with Crippen molar-refractivity contribution in [3.63, 3.8) is 0 Å². The quantitative estimate of drug-likeness (QED) is 0.480. The Morgan fingerprint density at radius 2 is 1.83 bits per heavy atom. The number of fused-ring (bicyclic) bond motifs is 1. The number of carbonyl (C=O) groups is 1. The van der Waals surface area contributed by atoms with Gasteiger partial charge in [-0.3, -0.25) is 4.90 Å². The Morgan fingerprint density at radius 3 is 2.56 bits per heavy atom. The van der Waals surface area contributed by atoms with Gasteiger partial charge in [0.25, 0.3) is 0 Å². The predicted molar refractivity (Wildman–Crippen MR) is 147 cm³/mol. The molecule has 36 heavy (non-hydrogen) atoms. The van der Waals surface area contributed by atoms with Gasteiger partial charge in [0.15, 0.2) is 0 Å². The number of alkyl halides is 1. The van der Waals surface area contributed by atoms with Crippen molar-refractivity contribution in [3.8, 4) is 0 Å². The minimum atomic E-state index is -0.956. The van der Waals surface area contributed by atoms with E-state index in [-0.39, 0.29) is 12.1 Å². The zero-order valence-electron chi connectivity index (χ0n) is 21.7. The number of para-hydroxylation sites is 1. The Balaban J connectivity index is 1.76. The van der Waals surface area contributed by atoms with E-state index in [4.69, 9.17) is 5.73 Å². The van der Waals surface area contributed by atoms with E-state index in [2.05, 4.69) is 30.4 Å². The van der Waals surface area contributed by atoms with E-state index < -0.39 is 6.17 Å². The zero-order valence-corrected chi connectivity index (χ0v) is 21.7. The van der Waals surface area contributed by atoms with Crippen molar-refractivity contribution in [1.82, 2.24) is 5.32 Å². The molecule has 2 aliphatic carbocycles. The first-order chi connectivity index (χ1) is 17.2. The summed E-state index contributed by atoms with van der Waals surface area (Å²) in [4.78, 5) is 15.2. The van der Waals surface area contributed by atoms with Crippen molar-refractivity contribution in [1.29, 1.82) is 0 Å². The summed E-state index contributed by atoms with van der Waals surface area (Å²) >= 11 is 0. The third-order valence-electron chi connectivity index (χ3n) is 7.77. The normalized spacial score (nSPS) is 24.3. The fourth-order valence-electron chi connectivity index (χ4n) is 5.91. The molecule has 3 atom stereocenters. The smallest absolute Gasteiger partial charge is 0.326 e. The number of allylic oxidation sites excluding steroid dienone is 5. The highest BCUT2D eigenvalue weighted by atomic mass is 19.1. The number of amides is 2. The van der Waals surface area contributed by atoms with Crippen LogP contribution >= 0.6 is 0 Å². The summed E-state index contributed by atoms with van der Waals surface area (Å²) in [6.45, 7) is 8.74. The van der Waals surface area contributed by atoms with Crippen molar-refractivity contribution in [3.05, 3.63) is 82.0 Å². The highest BCUT2D eigenvalue weighted by molar-refractivity contribution is 6.05. The number of carbonyl (C=O) groups excluding carboxylic acids is 1. The van der Waals surface area contributed by atoms with Gasteiger partial charge < -0.3 is 11.1 Å². The second kappa shape index (κ2) is 9.70. The average Bonchev–Trinajstić information content (AvgIpc) is 3.00. The van der Waals surface area contributed by atoms with Gasteiger partial charge >= 0.3 is 6.03 Å². The van der Waals surface area contributed by atoms with E-state index in [9.17, 15) is 9.18 Å². The molecule has 0 saturated carbocycles. The molecule has 3 N–H and O–H groups in total. The minimum absolute atomic E-state index is 0.113. The van der Waals surface area contributed by atoms with Crippen LogP contribution in [-0.2, 0) is 6.54 Å². The summed E-state index contributed by atoms with van der Waals surface area (Å²) in [7, 11) is 0. The van der Waals surface area contributed by atoms with Gasteiger partial charge in [0.1, 0.15) is 6.17 Å². The maximum absolute atomic E-state index is 14.2. The predicted octanol–water partition coefficient (Wildman–Crippen LogP) is 7.27. The molecule has 1 heterocycles.